The minimum absolute atomic E-state index is 0.215. The van der Waals surface area contributed by atoms with Crippen molar-refractivity contribution >= 4 is 21.8 Å². The van der Waals surface area contributed by atoms with Crippen molar-refractivity contribution in [2.45, 2.75) is 6.54 Å². The lowest BCUT2D eigenvalue weighted by atomic mass is 10.2. The third-order valence-corrected chi connectivity index (χ3v) is 2.06. The number of halogens is 2. The number of carbonyl (C=O) groups is 1. The molecule has 0 heterocycles. The molecule has 0 aliphatic rings. The van der Waals surface area contributed by atoms with Crippen molar-refractivity contribution in [2.75, 3.05) is 7.05 Å². The zero-order valence-corrected chi connectivity index (χ0v) is 9.71. The van der Waals surface area contributed by atoms with E-state index in [4.69, 9.17) is 0 Å². The van der Waals surface area contributed by atoms with Crippen molar-refractivity contribution in [3.05, 3.63) is 35.6 Å². The molecule has 15 heavy (non-hydrogen) atoms. The van der Waals surface area contributed by atoms with E-state index >= 15 is 0 Å². The number of nitrogens with zero attached hydrogens (tertiary/aromatic N) is 1. The monoisotopic (exact) mass is 269 g/mol. The van der Waals surface area contributed by atoms with Gasteiger partial charge >= 0.3 is 0 Å². The molecule has 0 radical (unpaired) electrons. The number of hydrogen-bond donors (Lipinski definition) is 0. The molecule has 1 amide bonds. The average Bonchev–Trinajstić information content (AvgIpc) is 2.21. The quantitative estimate of drug-likeness (QED) is 0.754. The van der Waals surface area contributed by atoms with Crippen LogP contribution in [-0.4, -0.2) is 17.9 Å². The van der Waals surface area contributed by atoms with Crippen molar-refractivity contribution in [1.82, 2.24) is 4.90 Å². The number of benzene rings is 1. The Morgan fingerprint density at radius 3 is 2.80 bits per heavy atom. The van der Waals surface area contributed by atoms with Gasteiger partial charge in [0, 0.05) is 41.0 Å². The smallest absolute Gasteiger partial charge is 0.299 e. The standard InChI is InChI=1S/C11H9BrFNO/c1-14(11(15)6-7-12)8-9-4-2-3-5-10(9)13/h2-5H,8H2,1H3. The van der Waals surface area contributed by atoms with E-state index < -0.39 is 0 Å². The first-order chi connectivity index (χ1) is 7.15. The van der Waals surface area contributed by atoms with E-state index in [0.717, 1.165) is 0 Å². The molecule has 0 aromatic heterocycles. The largest absolute Gasteiger partial charge is 0.330 e. The van der Waals surface area contributed by atoms with E-state index in [-0.39, 0.29) is 18.3 Å². The summed E-state index contributed by atoms with van der Waals surface area (Å²) < 4.78 is 13.2. The predicted molar refractivity (Wildman–Crippen MR) is 59.6 cm³/mol. The van der Waals surface area contributed by atoms with Crippen molar-refractivity contribution in [3.8, 4) is 10.8 Å². The summed E-state index contributed by atoms with van der Waals surface area (Å²) in [6.45, 7) is 0.215. The van der Waals surface area contributed by atoms with Gasteiger partial charge in [0.05, 0.1) is 0 Å². The van der Waals surface area contributed by atoms with Crippen LogP contribution in [-0.2, 0) is 11.3 Å². The fraction of sp³-hybridized carbons (Fsp3) is 0.182. The van der Waals surface area contributed by atoms with Crippen molar-refractivity contribution in [1.29, 1.82) is 0 Å². The van der Waals surface area contributed by atoms with Crippen LogP contribution in [0.1, 0.15) is 5.56 Å². The Morgan fingerprint density at radius 1 is 1.53 bits per heavy atom. The second-order valence-corrected chi connectivity index (χ2v) is 3.37. The van der Waals surface area contributed by atoms with Gasteiger partial charge in [0.2, 0.25) is 0 Å². The first-order valence-corrected chi connectivity index (χ1v) is 5.04. The molecule has 0 saturated heterocycles. The van der Waals surface area contributed by atoms with E-state index in [1.165, 1.54) is 11.0 Å². The molecule has 2 nitrogen and oxygen atoms in total. The van der Waals surface area contributed by atoms with Gasteiger partial charge in [0.15, 0.2) is 0 Å². The second kappa shape index (κ2) is 5.52. The SMILES string of the molecule is CN(Cc1ccccc1F)C(=O)C#CBr. The lowest BCUT2D eigenvalue weighted by Gasteiger charge is -2.13. The van der Waals surface area contributed by atoms with Crippen molar-refractivity contribution < 1.29 is 9.18 Å². The number of carbonyl (C=O) groups excluding carboxylic acids is 1. The van der Waals surface area contributed by atoms with Gasteiger partial charge in [-0.25, -0.2) is 4.39 Å². The molecule has 1 aromatic carbocycles. The Balaban J connectivity index is 2.73. The van der Waals surface area contributed by atoms with Gasteiger partial charge in [0.1, 0.15) is 5.82 Å². The Kier molecular flexibility index (Phi) is 4.32. The van der Waals surface area contributed by atoms with Crippen LogP contribution in [0.15, 0.2) is 24.3 Å². The summed E-state index contributed by atoms with van der Waals surface area (Å²) >= 11 is 2.84. The first-order valence-electron chi connectivity index (χ1n) is 4.25. The van der Waals surface area contributed by atoms with Gasteiger partial charge in [0.25, 0.3) is 5.91 Å². The van der Waals surface area contributed by atoms with E-state index in [1.54, 1.807) is 25.2 Å². The van der Waals surface area contributed by atoms with Gasteiger partial charge in [-0.1, -0.05) is 18.2 Å². The average molecular weight is 270 g/mol. The highest BCUT2D eigenvalue weighted by molar-refractivity contribution is 9.12. The molecule has 0 aliphatic heterocycles. The minimum atomic E-state index is -0.352. The molecule has 0 unspecified atom stereocenters. The van der Waals surface area contributed by atoms with Crippen LogP contribution in [0.25, 0.3) is 0 Å². The molecular weight excluding hydrogens is 261 g/mol. The van der Waals surface area contributed by atoms with Gasteiger partial charge in [-0.15, -0.1) is 0 Å². The summed E-state index contributed by atoms with van der Waals surface area (Å²) in [5.41, 5.74) is 0.477. The van der Waals surface area contributed by atoms with Crippen LogP contribution < -0.4 is 0 Å². The van der Waals surface area contributed by atoms with Crippen molar-refractivity contribution in [3.63, 3.8) is 0 Å². The summed E-state index contributed by atoms with van der Waals surface area (Å²) in [6, 6.07) is 6.34. The second-order valence-electron chi connectivity index (χ2n) is 2.97. The summed E-state index contributed by atoms with van der Waals surface area (Å²) in [5, 5.41) is 0. The Hall–Kier alpha value is -1.34. The molecule has 0 spiro atoms. The van der Waals surface area contributed by atoms with Gasteiger partial charge < -0.3 is 4.90 Å². The summed E-state index contributed by atoms with van der Waals surface area (Å²) in [7, 11) is 1.58. The van der Waals surface area contributed by atoms with E-state index in [0.29, 0.717) is 5.56 Å². The molecule has 1 rings (SSSR count). The summed E-state index contributed by atoms with van der Waals surface area (Å²) in [6.07, 6.45) is 0. The Bertz CT molecular complexity index is 422. The molecule has 0 N–H and O–H groups in total. The molecule has 0 atom stereocenters. The molecular formula is C11H9BrFNO. The maximum absolute atomic E-state index is 13.2. The maximum Gasteiger partial charge on any atom is 0.299 e. The zero-order valence-electron chi connectivity index (χ0n) is 8.13. The fourth-order valence-corrected chi connectivity index (χ4v) is 1.26. The molecule has 0 bridgehead atoms. The molecule has 0 aliphatic carbocycles. The molecule has 0 saturated carbocycles. The highest BCUT2D eigenvalue weighted by Gasteiger charge is 2.08. The van der Waals surface area contributed by atoms with Crippen LogP contribution >= 0.6 is 15.9 Å². The van der Waals surface area contributed by atoms with Crippen molar-refractivity contribution in [2.24, 2.45) is 0 Å². The summed E-state index contributed by atoms with van der Waals surface area (Å²) in [4.78, 5) is 14.9. The highest BCUT2D eigenvalue weighted by atomic mass is 79.9. The fourth-order valence-electron chi connectivity index (χ4n) is 1.09. The Labute approximate surface area is 96.2 Å². The van der Waals surface area contributed by atoms with E-state index in [9.17, 15) is 9.18 Å². The van der Waals surface area contributed by atoms with Crippen LogP contribution in [0.4, 0.5) is 4.39 Å². The topological polar surface area (TPSA) is 20.3 Å². The zero-order chi connectivity index (χ0) is 11.3. The van der Waals surface area contributed by atoms with Gasteiger partial charge in [-0.05, 0) is 10.9 Å². The third kappa shape index (κ3) is 3.37. The number of hydrogen-bond acceptors (Lipinski definition) is 1. The first kappa shape index (κ1) is 11.7. The van der Waals surface area contributed by atoms with Crippen LogP contribution in [0.3, 0.4) is 0 Å². The normalized spacial score (nSPS) is 9.00. The van der Waals surface area contributed by atoms with Gasteiger partial charge in [-0.2, -0.15) is 0 Å². The predicted octanol–water partition coefficient (Wildman–Crippen LogP) is 2.14. The lowest BCUT2D eigenvalue weighted by molar-refractivity contribution is -0.124. The molecule has 4 heteroatoms. The number of amides is 1. The van der Waals surface area contributed by atoms with Crippen LogP contribution in [0.5, 0.6) is 0 Å². The highest BCUT2D eigenvalue weighted by Crippen LogP contribution is 2.08. The lowest BCUT2D eigenvalue weighted by Crippen LogP contribution is -2.24. The van der Waals surface area contributed by atoms with Gasteiger partial charge in [-0.3, -0.25) is 4.79 Å². The minimum Gasteiger partial charge on any atom is -0.330 e. The third-order valence-electron chi connectivity index (χ3n) is 1.87. The van der Waals surface area contributed by atoms with E-state index in [2.05, 4.69) is 26.7 Å². The number of rotatable bonds is 2. The molecule has 1 aromatic rings. The maximum atomic E-state index is 13.2. The van der Waals surface area contributed by atoms with Crippen LogP contribution in [0.2, 0.25) is 0 Å². The molecule has 0 fully saturated rings. The Morgan fingerprint density at radius 2 is 2.20 bits per heavy atom. The summed E-state index contributed by atoms with van der Waals surface area (Å²) in [5.74, 6) is 1.65. The molecule has 78 valence electrons. The van der Waals surface area contributed by atoms with E-state index in [1.807, 2.05) is 0 Å². The van der Waals surface area contributed by atoms with Crippen LogP contribution in [0, 0.1) is 16.6 Å².